The van der Waals surface area contributed by atoms with Crippen LogP contribution >= 0.6 is 15.9 Å². The number of rotatable bonds is 2. The molecule has 0 saturated carbocycles. The second kappa shape index (κ2) is 3.73. The molecule has 0 fully saturated rings. The molecule has 0 radical (unpaired) electrons. The Morgan fingerprint density at radius 1 is 1.50 bits per heavy atom. The summed E-state index contributed by atoms with van der Waals surface area (Å²) in [5, 5.41) is 10.0. The molecular weight excluding hydrogens is 244 g/mol. The number of aliphatic hydroxyl groups excluding tert-OH is 1. The Morgan fingerprint density at radius 2 is 2.29 bits per heavy atom. The first-order valence-electron chi connectivity index (χ1n) is 4.35. The average Bonchev–Trinajstić information content (AvgIpc) is 2.59. The Kier molecular flexibility index (Phi) is 2.58. The topological polar surface area (TPSA) is 62.0 Å². The molecule has 0 saturated heterocycles. The van der Waals surface area contributed by atoms with Gasteiger partial charge in [0, 0.05) is 21.6 Å². The number of aromatic amines is 1. The van der Waals surface area contributed by atoms with Gasteiger partial charge in [-0.15, -0.1) is 0 Å². The molecule has 0 aliphatic heterocycles. The molecule has 2 rings (SSSR count). The van der Waals surface area contributed by atoms with Crippen molar-refractivity contribution >= 4 is 26.8 Å². The van der Waals surface area contributed by atoms with Crippen LogP contribution in [0.3, 0.4) is 0 Å². The van der Waals surface area contributed by atoms with Crippen LogP contribution in [0.2, 0.25) is 0 Å². The van der Waals surface area contributed by atoms with Gasteiger partial charge >= 0.3 is 0 Å². The maximum absolute atomic E-state index is 8.92. The second-order valence-corrected chi connectivity index (χ2v) is 4.09. The number of aromatic nitrogens is 1. The van der Waals surface area contributed by atoms with Crippen LogP contribution in [0, 0.1) is 0 Å². The van der Waals surface area contributed by atoms with Gasteiger partial charge in [-0.3, -0.25) is 0 Å². The molecule has 2 aromatic rings. The van der Waals surface area contributed by atoms with Crippen molar-refractivity contribution in [3.63, 3.8) is 0 Å². The number of halogens is 1. The first-order chi connectivity index (χ1) is 6.72. The lowest BCUT2D eigenvalue weighted by molar-refractivity contribution is 0.268. The van der Waals surface area contributed by atoms with E-state index in [1.807, 2.05) is 24.4 Å². The van der Waals surface area contributed by atoms with Crippen molar-refractivity contribution in [3.05, 3.63) is 34.4 Å². The average molecular weight is 255 g/mol. The zero-order valence-corrected chi connectivity index (χ0v) is 9.08. The predicted octanol–water partition coefficient (Wildman–Crippen LogP) is 1.92. The molecule has 74 valence electrons. The lowest BCUT2D eigenvalue weighted by Gasteiger charge is -2.07. The lowest BCUT2D eigenvalue weighted by Crippen LogP contribution is -2.14. The number of hydrogen-bond acceptors (Lipinski definition) is 2. The number of benzene rings is 1. The van der Waals surface area contributed by atoms with Crippen molar-refractivity contribution in [2.75, 3.05) is 6.61 Å². The Hall–Kier alpha value is -0.840. The maximum atomic E-state index is 8.92. The first kappa shape index (κ1) is 9.71. The summed E-state index contributed by atoms with van der Waals surface area (Å²) in [4.78, 5) is 3.12. The van der Waals surface area contributed by atoms with Crippen molar-refractivity contribution in [2.45, 2.75) is 6.04 Å². The molecule has 0 aliphatic rings. The predicted molar refractivity (Wildman–Crippen MR) is 60.0 cm³/mol. The standard InChI is InChI=1S/C10H11BrN2O/c11-8-4-13-10-3-6(9(12)5-14)1-2-7(8)10/h1-4,9,13-14H,5,12H2. The number of nitrogens with two attached hydrogens (primary N) is 1. The highest BCUT2D eigenvalue weighted by Gasteiger charge is 2.06. The highest BCUT2D eigenvalue weighted by Crippen LogP contribution is 2.25. The van der Waals surface area contributed by atoms with Crippen LogP contribution in [0.1, 0.15) is 11.6 Å². The van der Waals surface area contributed by atoms with E-state index >= 15 is 0 Å². The minimum absolute atomic E-state index is 0.0343. The quantitative estimate of drug-likeness (QED) is 0.767. The van der Waals surface area contributed by atoms with Crippen LogP contribution in [-0.2, 0) is 0 Å². The van der Waals surface area contributed by atoms with Gasteiger partial charge in [-0.05, 0) is 27.6 Å². The van der Waals surface area contributed by atoms with E-state index in [2.05, 4.69) is 20.9 Å². The molecule has 0 bridgehead atoms. The minimum atomic E-state index is -0.304. The summed E-state index contributed by atoms with van der Waals surface area (Å²) in [5.74, 6) is 0. The Morgan fingerprint density at radius 3 is 3.00 bits per heavy atom. The summed E-state index contributed by atoms with van der Waals surface area (Å²) >= 11 is 3.43. The van der Waals surface area contributed by atoms with E-state index in [1.165, 1.54) is 0 Å². The molecule has 3 nitrogen and oxygen atoms in total. The second-order valence-electron chi connectivity index (χ2n) is 3.23. The normalized spacial score (nSPS) is 13.4. The summed E-state index contributed by atoms with van der Waals surface area (Å²) in [6, 6.07) is 5.57. The third-order valence-electron chi connectivity index (χ3n) is 2.28. The monoisotopic (exact) mass is 254 g/mol. The molecule has 0 amide bonds. The number of aliphatic hydroxyl groups is 1. The maximum Gasteiger partial charge on any atom is 0.0624 e. The van der Waals surface area contributed by atoms with Crippen LogP contribution in [0.25, 0.3) is 10.9 Å². The number of hydrogen-bond donors (Lipinski definition) is 3. The van der Waals surface area contributed by atoms with Gasteiger partial charge in [0.1, 0.15) is 0 Å². The van der Waals surface area contributed by atoms with E-state index in [0.717, 1.165) is 20.9 Å². The van der Waals surface area contributed by atoms with E-state index in [-0.39, 0.29) is 12.6 Å². The largest absolute Gasteiger partial charge is 0.394 e. The fourth-order valence-corrected chi connectivity index (χ4v) is 1.90. The molecule has 0 spiro atoms. The van der Waals surface area contributed by atoms with Crippen LogP contribution in [0.4, 0.5) is 0 Å². The van der Waals surface area contributed by atoms with Crippen molar-refractivity contribution in [1.29, 1.82) is 0 Å². The van der Waals surface area contributed by atoms with Crippen molar-refractivity contribution < 1.29 is 5.11 Å². The number of nitrogens with one attached hydrogen (secondary N) is 1. The number of fused-ring (bicyclic) bond motifs is 1. The zero-order valence-electron chi connectivity index (χ0n) is 7.50. The molecule has 1 unspecified atom stereocenters. The first-order valence-corrected chi connectivity index (χ1v) is 5.14. The number of H-pyrrole nitrogens is 1. The summed E-state index contributed by atoms with van der Waals surface area (Å²) in [6.45, 7) is -0.0343. The van der Waals surface area contributed by atoms with E-state index in [4.69, 9.17) is 10.8 Å². The molecule has 0 aliphatic carbocycles. The van der Waals surface area contributed by atoms with Crippen molar-refractivity contribution in [1.82, 2.24) is 4.98 Å². The van der Waals surface area contributed by atoms with Gasteiger partial charge in [-0.1, -0.05) is 12.1 Å². The van der Waals surface area contributed by atoms with Gasteiger partial charge in [0.2, 0.25) is 0 Å². The SMILES string of the molecule is NC(CO)c1ccc2c(Br)c[nH]c2c1. The molecule has 1 aromatic heterocycles. The molecule has 14 heavy (non-hydrogen) atoms. The highest BCUT2D eigenvalue weighted by atomic mass is 79.9. The molecule has 1 aromatic carbocycles. The fourth-order valence-electron chi connectivity index (χ4n) is 1.44. The third kappa shape index (κ3) is 1.56. The van der Waals surface area contributed by atoms with Crippen molar-refractivity contribution in [2.24, 2.45) is 5.73 Å². The van der Waals surface area contributed by atoms with E-state index in [9.17, 15) is 0 Å². The van der Waals surface area contributed by atoms with Crippen LogP contribution in [0.15, 0.2) is 28.9 Å². The van der Waals surface area contributed by atoms with Gasteiger partial charge < -0.3 is 15.8 Å². The summed E-state index contributed by atoms with van der Waals surface area (Å²) < 4.78 is 1.04. The fraction of sp³-hybridized carbons (Fsp3) is 0.200. The Bertz CT molecular complexity index is 452. The Labute approximate surface area is 90.1 Å². The van der Waals surface area contributed by atoms with Gasteiger partial charge in [0.25, 0.3) is 0 Å². The highest BCUT2D eigenvalue weighted by molar-refractivity contribution is 9.10. The minimum Gasteiger partial charge on any atom is -0.394 e. The molecule has 4 N–H and O–H groups in total. The van der Waals surface area contributed by atoms with Gasteiger partial charge in [0.15, 0.2) is 0 Å². The summed E-state index contributed by atoms with van der Waals surface area (Å²) in [6.07, 6.45) is 1.89. The van der Waals surface area contributed by atoms with Crippen molar-refractivity contribution in [3.8, 4) is 0 Å². The van der Waals surface area contributed by atoms with E-state index < -0.39 is 0 Å². The van der Waals surface area contributed by atoms with Gasteiger partial charge in [0.05, 0.1) is 12.6 Å². The third-order valence-corrected chi connectivity index (χ3v) is 2.94. The molecule has 1 atom stereocenters. The van der Waals surface area contributed by atoms with E-state index in [0.29, 0.717) is 0 Å². The molecule has 4 heteroatoms. The van der Waals surface area contributed by atoms with Gasteiger partial charge in [-0.25, -0.2) is 0 Å². The Balaban J connectivity index is 2.52. The van der Waals surface area contributed by atoms with E-state index in [1.54, 1.807) is 0 Å². The van der Waals surface area contributed by atoms with Gasteiger partial charge in [-0.2, -0.15) is 0 Å². The molecule has 1 heterocycles. The van der Waals surface area contributed by atoms with Crippen LogP contribution in [-0.4, -0.2) is 16.7 Å². The summed E-state index contributed by atoms with van der Waals surface area (Å²) in [5.41, 5.74) is 7.68. The lowest BCUT2D eigenvalue weighted by atomic mass is 10.1. The zero-order chi connectivity index (χ0) is 10.1. The summed E-state index contributed by atoms with van der Waals surface area (Å²) in [7, 11) is 0. The van der Waals surface area contributed by atoms with Crippen LogP contribution < -0.4 is 5.73 Å². The van der Waals surface area contributed by atoms with Crippen LogP contribution in [0.5, 0.6) is 0 Å². The molecular formula is C10H11BrN2O. The smallest absolute Gasteiger partial charge is 0.0624 e.